The summed E-state index contributed by atoms with van der Waals surface area (Å²) in [6.07, 6.45) is 0. The average Bonchev–Trinajstić information content (AvgIpc) is 2.62. The molecule has 0 aliphatic carbocycles. The Morgan fingerprint density at radius 2 is 1.85 bits per heavy atom. The summed E-state index contributed by atoms with van der Waals surface area (Å²) in [5, 5.41) is 2.97. The maximum absolute atomic E-state index is 12.1. The number of benzene rings is 2. The van der Waals surface area contributed by atoms with Gasteiger partial charge in [0.2, 0.25) is 5.76 Å². The zero-order valence-electron chi connectivity index (χ0n) is 13.1. The Balaban J connectivity index is 1.67. The number of carbonyl (C=O) groups excluding carboxylic acids is 2. The molecule has 0 aliphatic heterocycles. The number of fused-ring (bicyclic) bond motifs is 1. The van der Waals surface area contributed by atoms with Gasteiger partial charge in [-0.2, -0.15) is 0 Å². The number of amides is 1. The number of para-hydroxylation sites is 1. The highest BCUT2D eigenvalue weighted by molar-refractivity contribution is 9.11. The van der Waals surface area contributed by atoms with Gasteiger partial charge in [-0.15, -0.1) is 0 Å². The molecule has 1 heterocycles. The second-order valence-corrected chi connectivity index (χ2v) is 6.99. The number of nitrogens with one attached hydrogen (secondary N) is 1. The number of ether oxygens (including phenoxy) is 1. The van der Waals surface area contributed by atoms with Gasteiger partial charge >= 0.3 is 5.97 Å². The van der Waals surface area contributed by atoms with E-state index >= 15 is 0 Å². The van der Waals surface area contributed by atoms with Crippen molar-refractivity contribution in [2.45, 2.75) is 0 Å². The molecule has 26 heavy (non-hydrogen) atoms. The summed E-state index contributed by atoms with van der Waals surface area (Å²) < 4.78 is 11.8. The molecule has 132 valence electrons. The van der Waals surface area contributed by atoms with E-state index in [1.807, 2.05) is 0 Å². The molecule has 8 heteroatoms. The van der Waals surface area contributed by atoms with E-state index in [4.69, 9.17) is 9.15 Å². The molecule has 0 unspecified atom stereocenters. The molecule has 0 saturated heterocycles. The smallest absolute Gasteiger partial charge is 0.374 e. The highest BCUT2D eigenvalue weighted by atomic mass is 79.9. The summed E-state index contributed by atoms with van der Waals surface area (Å²) in [4.78, 5) is 36.0. The van der Waals surface area contributed by atoms with Crippen molar-refractivity contribution in [3.63, 3.8) is 0 Å². The largest absolute Gasteiger partial charge is 0.450 e. The Hall–Kier alpha value is -2.45. The third-order valence-electron chi connectivity index (χ3n) is 3.38. The van der Waals surface area contributed by atoms with Crippen LogP contribution in [0.5, 0.6) is 0 Å². The summed E-state index contributed by atoms with van der Waals surface area (Å²) >= 11 is 6.63. The van der Waals surface area contributed by atoms with Gasteiger partial charge in [0, 0.05) is 15.0 Å². The van der Waals surface area contributed by atoms with Crippen LogP contribution in [0.25, 0.3) is 11.0 Å². The average molecular weight is 481 g/mol. The lowest BCUT2D eigenvalue weighted by Crippen LogP contribution is -2.21. The maximum atomic E-state index is 12.1. The molecule has 0 fully saturated rings. The van der Waals surface area contributed by atoms with Crippen molar-refractivity contribution >= 4 is 60.4 Å². The lowest BCUT2D eigenvalue weighted by molar-refractivity contribution is -0.119. The Morgan fingerprint density at radius 3 is 2.62 bits per heavy atom. The van der Waals surface area contributed by atoms with Crippen LogP contribution in [0.1, 0.15) is 10.6 Å². The van der Waals surface area contributed by atoms with E-state index in [0.717, 1.165) is 10.5 Å². The lowest BCUT2D eigenvalue weighted by atomic mass is 10.2. The molecule has 2 aromatic carbocycles. The fourth-order valence-electron chi connectivity index (χ4n) is 2.18. The van der Waals surface area contributed by atoms with Crippen LogP contribution in [0.15, 0.2) is 66.7 Å². The van der Waals surface area contributed by atoms with Crippen LogP contribution in [0.3, 0.4) is 0 Å². The summed E-state index contributed by atoms with van der Waals surface area (Å²) in [7, 11) is 0. The Labute approximate surface area is 164 Å². The van der Waals surface area contributed by atoms with Crippen LogP contribution < -0.4 is 10.7 Å². The first-order valence-corrected chi connectivity index (χ1v) is 8.97. The summed E-state index contributed by atoms with van der Waals surface area (Å²) in [6.45, 7) is -0.516. The van der Waals surface area contributed by atoms with Crippen LogP contribution in [0.4, 0.5) is 5.69 Å². The molecule has 0 atom stereocenters. The molecule has 3 rings (SSSR count). The van der Waals surface area contributed by atoms with Gasteiger partial charge in [-0.25, -0.2) is 4.79 Å². The van der Waals surface area contributed by atoms with E-state index in [9.17, 15) is 14.4 Å². The first-order chi connectivity index (χ1) is 12.4. The molecular weight excluding hydrogens is 470 g/mol. The zero-order chi connectivity index (χ0) is 18.7. The van der Waals surface area contributed by atoms with Gasteiger partial charge in [0.05, 0.1) is 11.1 Å². The third kappa shape index (κ3) is 4.20. The quantitative estimate of drug-likeness (QED) is 0.568. The van der Waals surface area contributed by atoms with Crippen molar-refractivity contribution in [2.24, 2.45) is 0 Å². The van der Waals surface area contributed by atoms with Crippen molar-refractivity contribution < 1.29 is 18.7 Å². The first-order valence-electron chi connectivity index (χ1n) is 7.39. The summed E-state index contributed by atoms with van der Waals surface area (Å²) in [5.74, 6) is -1.67. The van der Waals surface area contributed by atoms with Gasteiger partial charge in [-0.3, -0.25) is 9.59 Å². The van der Waals surface area contributed by atoms with Gasteiger partial charge in [-0.1, -0.05) is 28.1 Å². The third-order valence-corrected chi connectivity index (χ3v) is 4.52. The maximum Gasteiger partial charge on any atom is 0.374 e. The topological polar surface area (TPSA) is 85.6 Å². The monoisotopic (exact) mass is 479 g/mol. The minimum Gasteiger partial charge on any atom is -0.450 e. The molecule has 1 aromatic heterocycles. The van der Waals surface area contributed by atoms with Crippen LogP contribution in [-0.2, 0) is 9.53 Å². The SMILES string of the molecule is O=C(COC(=O)c1cc(=O)c2ccccc2o1)Nc1ccc(Br)cc1Br. The second-order valence-electron chi connectivity index (χ2n) is 5.22. The number of carbonyl (C=O) groups is 2. The van der Waals surface area contributed by atoms with Crippen molar-refractivity contribution in [3.8, 4) is 0 Å². The van der Waals surface area contributed by atoms with Crippen molar-refractivity contribution in [1.29, 1.82) is 0 Å². The minimum absolute atomic E-state index is 0.258. The number of hydrogen-bond donors (Lipinski definition) is 1. The number of hydrogen-bond acceptors (Lipinski definition) is 5. The first kappa shape index (κ1) is 18.3. The van der Waals surface area contributed by atoms with Crippen molar-refractivity contribution in [1.82, 2.24) is 0 Å². The van der Waals surface area contributed by atoms with E-state index in [1.54, 1.807) is 42.5 Å². The molecule has 1 N–H and O–H groups in total. The fourth-order valence-corrected chi connectivity index (χ4v) is 3.33. The van der Waals surface area contributed by atoms with E-state index < -0.39 is 18.5 Å². The predicted octanol–water partition coefficient (Wildman–Crippen LogP) is 4.11. The minimum atomic E-state index is -0.891. The van der Waals surface area contributed by atoms with Crippen LogP contribution in [0, 0.1) is 0 Å². The molecule has 0 radical (unpaired) electrons. The molecular formula is C18H11Br2NO5. The van der Waals surface area contributed by atoms with Crippen molar-refractivity contribution in [3.05, 3.63) is 73.5 Å². The Bertz CT molecular complexity index is 1060. The van der Waals surface area contributed by atoms with Gasteiger partial charge in [-0.05, 0) is 46.3 Å². The highest BCUT2D eigenvalue weighted by Gasteiger charge is 2.16. The molecule has 6 nitrogen and oxygen atoms in total. The normalized spacial score (nSPS) is 10.5. The van der Waals surface area contributed by atoms with Crippen LogP contribution in [-0.4, -0.2) is 18.5 Å². The van der Waals surface area contributed by atoms with E-state index in [0.29, 0.717) is 15.5 Å². The predicted molar refractivity (Wildman–Crippen MR) is 103 cm³/mol. The van der Waals surface area contributed by atoms with Crippen LogP contribution in [0.2, 0.25) is 0 Å². The summed E-state index contributed by atoms with van der Waals surface area (Å²) in [6, 6.07) is 12.8. The molecule has 1 amide bonds. The number of halogens is 2. The number of rotatable bonds is 4. The Kier molecular flexibility index (Phi) is 5.53. The summed E-state index contributed by atoms with van der Waals surface area (Å²) in [5.41, 5.74) is 0.448. The standard InChI is InChI=1S/C18H11Br2NO5/c19-10-5-6-13(12(20)7-10)21-17(23)9-25-18(24)16-8-14(22)11-3-1-2-4-15(11)26-16/h1-8H,9H2,(H,21,23). The number of esters is 1. The van der Waals surface area contributed by atoms with Gasteiger partial charge in [0.25, 0.3) is 5.91 Å². The molecule has 0 bridgehead atoms. The lowest BCUT2D eigenvalue weighted by Gasteiger charge is -2.08. The Morgan fingerprint density at radius 1 is 1.08 bits per heavy atom. The molecule has 3 aromatic rings. The van der Waals surface area contributed by atoms with E-state index in [2.05, 4.69) is 37.2 Å². The fraction of sp³-hybridized carbons (Fsp3) is 0.0556. The van der Waals surface area contributed by atoms with Crippen molar-refractivity contribution in [2.75, 3.05) is 11.9 Å². The van der Waals surface area contributed by atoms with E-state index in [1.165, 1.54) is 0 Å². The zero-order valence-corrected chi connectivity index (χ0v) is 16.3. The second kappa shape index (κ2) is 7.84. The van der Waals surface area contributed by atoms with Gasteiger partial charge < -0.3 is 14.5 Å². The van der Waals surface area contributed by atoms with E-state index in [-0.39, 0.29) is 16.8 Å². The molecule has 0 saturated carbocycles. The van der Waals surface area contributed by atoms with Gasteiger partial charge in [0.15, 0.2) is 12.0 Å². The van der Waals surface area contributed by atoms with Gasteiger partial charge in [0.1, 0.15) is 5.58 Å². The number of anilines is 1. The highest BCUT2D eigenvalue weighted by Crippen LogP contribution is 2.26. The molecule has 0 aliphatic rings. The van der Waals surface area contributed by atoms with Crippen LogP contribution >= 0.6 is 31.9 Å². The molecule has 0 spiro atoms.